The Balaban J connectivity index is 2.63. The van der Waals surface area contributed by atoms with E-state index in [2.05, 4.69) is 11.2 Å². The van der Waals surface area contributed by atoms with Gasteiger partial charge in [-0.1, -0.05) is 5.92 Å². The Morgan fingerprint density at radius 1 is 1.59 bits per heavy atom. The van der Waals surface area contributed by atoms with Gasteiger partial charge in [0.25, 0.3) is 0 Å². The molecule has 0 aromatic heterocycles. The van der Waals surface area contributed by atoms with Crippen LogP contribution in [0, 0.1) is 18.3 Å². The van der Waals surface area contributed by atoms with Crippen molar-refractivity contribution in [2.24, 2.45) is 5.92 Å². The van der Waals surface area contributed by atoms with Crippen LogP contribution in [-0.2, 0) is 9.59 Å². The summed E-state index contributed by atoms with van der Waals surface area (Å²) < 4.78 is 0. The Kier molecular flexibility index (Phi) is 4.98. The highest BCUT2D eigenvalue weighted by molar-refractivity contribution is 5.83. The minimum atomic E-state index is -1.03. The quantitative estimate of drug-likeness (QED) is 0.672. The molecule has 94 valence electrons. The van der Waals surface area contributed by atoms with Crippen LogP contribution in [0.15, 0.2) is 0 Å². The van der Waals surface area contributed by atoms with Crippen LogP contribution in [0.1, 0.15) is 19.8 Å². The van der Waals surface area contributed by atoms with Crippen LogP contribution in [0.4, 0.5) is 0 Å². The lowest BCUT2D eigenvalue weighted by molar-refractivity contribution is -0.146. The average molecular weight is 238 g/mol. The summed E-state index contributed by atoms with van der Waals surface area (Å²) in [6.07, 6.45) is 6.63. The average Bonchev–Trinajstić information content (AvgIpc) is 2.27. The molecule has 1 heterocycles. The largest absolute Gasteiger partial charge is 0.480 e. The monoisotopic (exact) mass is 238 g/mol. The maximum Gasteiger partial charge on any atom is 0.323 e. The Labute approximate surface area is 101 Å². The number of terminal acetylenes is 1. The fourth-order valence-electron chi connectivity index (χ4n) is 2.10. The van der Waals surface area contributed by atoms with Crippen LogP contribution in [0.3, 0.4) is 0 Å². The van der Waals surface area contributed by atoms with Crippen LogP contribution < -0.4 is 5.32 Å². The maximum absolute atomic E-state index is 12.1. The van der Waals surface area contributed by atoms with E-state index in [0.717, 1.165) is 19.4 Å². The lowest BCUT2D eigenvalue weighted by atomic mass is 9.92. The molecule has 2 atom stereocenters. The van der Waals surface area contributed by atoms with Gasteiger partial charge in [0.2, 0.25) is 5.91 Å². The summed E-state index contributed by atoms with van der Waals surface area (Å²) in [5, 5.41) is 12.0. The minimum Gasteiger partial charge on any atom is -0.480 e. The van der Waals surface area contributed by atoms with E-state index >= 15 is 0 Å². The first-order valence-corrected chi connectivity index (χ1v) is 5.72. The first-order chi connectivity index (χ1) is 8.04. The molecule has 2 N–H and O–H groups in total. The third-order valence-electron chi connectivity index (χ3n) is 2.89. The molecule has 0 spiro atoms. The first-order valence-electron chi connectivity index (χ1n) is 5.72. The number of carbonyl (C=O) groups is 2. The number of carboxylic acid groups (broad SMARTS) is 1. The van der Waals surface area contributed by atoms with Crippen LogP contribution >= 0.6 is 0 Å². The molecule has 0 aliphatic carbocycles. The van der Waals surface area contributed by atoms with Gasteiger partial charge in [0.15, 0.2) is 0 Å². The zero-order chi connectivity index (χ0) is 12.8. The molecule has 1 fully saturated rings. The zero-order valence-corrected chi connectivity index (χ0v) is 9.98. The van der Waals surface area contributed by atoms with Crippen molar-refractivity contribution in [3.63, 3.8) is 0 Å². The summed E-state index contributed by atoms with van der Waals surface area (Å²) in [6.45, 7) is 2.54. The van der Waals surface area contributed by atoms with Crippen molar-refractivity contribution < 1.29 is 14.7 Å². The van der Waals surface area contributed by atoms with Gasteiger partial charge in [0.1, 0.15) is 6.54 Å². The highest BCUT2D eigenvalue weighted by Crippen LogP contribution is 2.18. The van der Waals surface area contributed by atoms with Crippen molar-refractivity contribution in [1.29, 1.82) is 0 Å². The number of piperidine rings is 1. The third kappa shape index (κ3) is 4.08. The second-order valence-corrected chi connectivity index (χ2v) is 4.37. The predicted molar refractivity (Wildman–Crippen MR) is 63.2 cm³/mol. The maximum atomic E-state index is 12.1. The van der Waals surface area contributed by atoms with Crippen LogP contribution in [0.25, 0.3) is 0 Å². The number of carbonyl (C=O) groups excluding carboxylic acids is 1. The fourth-order valence-corrected chi connectivity index (χ4v) is 2.10. The summed E-state index contributed by atoms with van der Waals surface area (Å²) in [6, 6.07) is 0.287. The highest BCUT2D eigenvalue weighted by atomic mass is 16.4. The van der Waals surface area contributed by atoms with Crippen molar-refractivity contribution >= 4 is 11.9 Å². The molecule has 0 radical (unpaired) electrons. The third-order valence-corrected chi connectivity index (χ3v) is 2.89. The van der Waals surface area contributed by atoms with E-state index in [9.17, 15) is 9.59 Å². The second kappa shape index (κ2) is 6.26. The summed E-state index contributed by atoms with van der Waals surface area (Å²) in [7, 11) is 0. The summed E-state index contributed by atoms with van der Waals surface area (Å²) in [5.41, 5.74) is 0. The van der Waals surface area contributed by atoms with Gasteiger partial charge in [-0.05, 0) is 26.3 Å². The lowest BCUT2D eigenvalue weighted by Gasteiger charge is -2.30. The molecular weight excluding hydrogens is 220 g/mol. The number of amides is 1. The topological polar surface area (TPSA) is 69.6 Å². The molecule has 0 aromatic rings. The Bertz CT molecular complexity index is 335. The molecule has 1 aliphatic rings. The van der Waals surface area contributed by atoms with E-state index in [1.807, 2.05) is 6.92 Å². The molecular formula is C12H18N2O3. The molecule has 1 amide bonds. The number of hydrogen-bond donors (Lipinski definition) is 2. The fraction of sp³-hybridized carbons (Fsp3) is 0.667. The molecule has 0 aromatic carbocycles. The van der Waals surface area contributed by atoms with Gasteiger partial charge in [0.05, 0.1) is 6.54 Å². The van der Waals surface area contributed by atoms with Crippen molar-refractivity contribution in [2.75, 3.05) is 19.6 Å². The van der Waals surface area contributed by atoms with E-state index < -0.39 is 5.97 Å². The highest BCUT2D eigenvalue weighted by Gasteiger charge is 2.28. The summed E-state index contributed by atoms with van der Waals surface area (Å²) in [5.74, 6) is 1.05. The zero-order valence-electron chi connectivity index (χ0n) is 9.98. The van der Waals surface area contributed by atoms with Gasteiger partial charge in [-0.25, -0.2) is 0 Å². The van der Waals surface area contributed by atoms with E-state index in [1.165, 1.54) is 4.90 Å². The number of carboxylic acids is 1. The molecule has 1 saturated heterocycles. The predicted octanol–water partition coefficient (Wildman–Crippen LogP) is -0.0791. The molecule has 1 rings (SSSR count). The number of rotatable bonds is 4. The summed E-state index contributed by atoms with van der Waals surface area (Å²) in [4.78, 5) is 24.0. The SMILES string of the molecule is C#CCN(CC(=O)O)C(=O)C1CCNC(C)C1. The van der Waals surface area contributed by atoms with Gasteiger partial charge < -0.3 is 15.3 Å². The van der Waals surface area contributed by atoms with Gasteiger partial charge >= 0.3 is 5.97 Å². The number of nitrogens with one attached hydrogen (secondary N) is 1. The van der Waals surface area contributed by atoms with Crippen molar-refractivity contribution in [2.45, 2.75) is 25.8 Å². The second-order valence-electron chi connectivity index (χ2n) is 4.37. The van der Waals surface area contributed by atoms with Crippen molar-refractivity contribution in [3.8, 4) is 12.3 Å². The molecule has 0 saturated carbocycles. The van der Waals surface area contributed by atoms with Crippen LogP contribution in [0.2, 0.25) is 0 Å². The molecule has 0 bridgehead atoms. The summed E-state index contributed by atoms with van der Waals surface area (Å²) >= 11 is 0. The molecule has 5 heteroatoms. The van der Waals surface area contributed by atoms with E-state index in [0.29, 0.717) is 0 Å². The van der Waals surface area contributed by atoms with Crippen LogP contribution in [-0.4, -0.2) is 47.6 Å². The number of aliphatic carboxylic acids is 1. The number of nitrogens with zero attached hydrogens (tertiary/aromatic N) is 1. The lowest BCUT2D eigenvalue weighted by Crippen LogP contribution is -2.45. The van der Waals surface area contributed by atoms with Crippen molar-refractivity contribution in [3.05, 3.63) is 0 Å². The van der Waals surface area contributed by atoms with Gasteiger partial charge in [0, 0.05) is 12.0 Å². The van der Waals surface area contributed by atoms with Crippen molar-refractivity contribution in [1.82, 2.24) is 10.2 Å². The molecule has 2 unspecified atom stereocenters. The molecule has 5 nitrogen and oxygen atoms in total. The molecule has 17 heavy (non-hydrogen) atoms. The van der Waals surface area contributed by atoms with Crippen LogP contribution in [0.5, 0.6) is 0 Å². The standard InChI is InChI=1S/C12H18N2O3/c1-3-6-14(8-11(15)16)12(17)10-4-5-13-9(2)7-10/h1,9-10,13H,4-8H2,2H3,(H,15,16). The van der Waals surface area contributed by atoms with Gasteiger partial charge in [-0.3, -0.25) is 9.59 Å². The minimum absolute atomic E-state index is 0.0590. The molecule has 1 aliphatic heterocycles. The van der Waals surface area contributed by atoms with E-state index in [-0.39, 0.29) is 31.0 Å². The van der Waals surface area contributed by atoms with E-state index in [1.54, 1.807) is 0 Å². The first kappa shape index (κ1) is 13.5. The van der Waals surface area contributed by atoms with Gasteiger partial charge in [-0.2, -0.15) is 0 Å². The Hall–Kier alpha value is -1.54. The van der Waals surface area contributed by atoms with Gasteiger partial charge in [-0.15, -0.1) is 6.42 Å². The smallest absolute Gasteiger partial charge is 0.323 e. The normalized spacial score (nSPS) is 23.8. The van der Waals surface area contributed by atoms with E-state index in [4.69, 9.17) is 11.5 Å². The Morgan fingerprint density at radius 3 is 2.82 bits per heavy atom. The Morgan fingerprint density at radius 2 is 2.29 bits per heavy atom. The number of hydrogen-bond acceptors (Lipinski definition) is 3.